The maximum atomic E-state index is 8.97. The zero-order valence-corrected chi connectivity index (χ0v) is 6.15. The summed E-state index contributed by atoms with van der Waals surface area (Å²) in [6, 6.07) is 0. The van der Waals surface area contributed by atoms with Crippen LogP contribution in [0.25, 0.3) is 0 Å². The Morgan fingerprint density at radius 3 is 0.500 bits per heavy atom. The molecule has 1 aliphatic rings. The van der Waals surface area contributed by atoms with Crippen molar-refractivity contribution in [2.24, 2.45) is 0 Å². The van der Waals surface area contributed by atoms with Crippen molar-refractivity contribution in [2.75, 3.05) is 0 Å². The Morgan fingerprint density at radius 1 is 0.333 bits per heavy atom. The highest BCUT2D eigenvalue weighted by Crippen LogP contribution is 2.20. The van der Waals surface area contributed by atoms with Crippen molar-refractivity contribution in [3.63, 3.8) is 0 Å². The van der Waals surface area contributed by atoms with E-state index >= 15 is 0 Å². The van der Waals surface area contributed by atoms with Gasteiger partial charge >= 0.3 is 0 Å². The summed E-state index contributed by atoms with van der Waals surface area (Å²) < 4.78 is 0. The third-order valence-electron chi connectivity index (χ3n) is 2.10. The summed E-state index contributed by atoms with van der Waals surface area (Å²) >= 11 is 0. The van der Waals surface area contributed by atoms with Gasteiger partial charge < -0.3 is 30.6 Å². The molecule has 6 heteroatoms. The Balaban J connectivity index is 2.76. The van der Waals surface area contributed by atoms with Gasteiger partial charge in [0, 0.05) is 0 Å². The molecule has 0 heterocycles. The lowest BCUT2D eigenvalue weighted by Gasteiger charge is -2.39. The van der Waals surface area contributed by atoms with E-state index in [1.165, 1.54) is 0 Å². The Hall–Kier alpha value is -0.240. The maximum absolute atomic E-state index is 8.97. The third-order valence-corrected chi connectivity index (χ3v) is 2.10. The molecule has 6 nitrogen and oxygen atoms in total. The van der Waals surface area contributed by atoms with Crippen molar-refractivity contribution in [3.05, 3.63) is 0 Å². The smallest absolute Gasteiger partial charge is 0.111 e. The highest BCUT2D eigenvalue weighted by atomic mass is 16.4. The first-order chi connectivity index (χ1) is 5.46. The molecule has 0 saturated heterocycles. The molecule has 0 unspecified atom stereocenters. The van der Waals surface area contributed by atoms with E-state index in [9.17, 15) is 0 Å². The van der Waals surface area contributed by atoms with Crippen LogP contribution in [-0.4, -0.2) is 67.3 Å². The molecular weight excluding hydrogens is 168 g/mol. The minimum absolute atomic E-state index is 1.64. The van der Waals surface area contributed by atoms with Crippen LogP contribution in [0.5, 0.6) is 0 Å². The van der Waals surface area contributed by atoms with Crippen molar-refractivity contribution in [1.29, 1.82) is 0 Å². The van der Waals surface area contributed by atoms with E-state index < -0.39 is 36.6 Å². The van der Waals surface area contributed by atoms with Crippen molar-refractivity contribution < 1.29 is 30.6 Å². The van der Waals surface area contributed by atoms with Crippen LogP contribution in [0.2, 0.25) is 0 Å². The summed E-state index contributed by atoms with van der Waals surface area (Å²) in [5, 5.41) is 53.8. The van der Waals surface area contributed by atoms with Crippen LogP contribution in [0.1, 0.15) is 0 Å². The van der Waals surface area contributed by atoms with Crippen molar-refractivity contribution in [1.82, 2.24) is 0 Å². The molecule has 0 aromatic heterocycles. The molecule has 12 heavy (non-hydrogen) atoms. The Labute approximate surface area is 68.3 Å². The van der Waals surface area contributed by atoms with E-state index in [1.807, 2.05) is 0 Å². The summed E-state index contributed by atoms with van der Waals surface area (Å²) in [5.74, 6) is 0. The van der Waals surface area contributed by atoms with Crippen LogP contribution in [0, 0.1) is 0 Å². The molecule has 72 valence electrons. The van der Waals surface area contributed by atoms with Crippen molar-refractivity contribution in [3.8, 4) is 0 Å². The van der Waals surface area contributed by atoms with Gasteiger partial charge in [-0.1, -0.05) is 0 Å². The lowest BCUT2D eigenvalue weighted by molar-refractivity contribution is -0.223. The van der Waals surface area contributed by atoms with Crippen molar-refractivity contribution in [2.45, 2.75) is 36.6 Å². The monoisotopic (exact) mass is 180 g/mol. The summed E-state index contributed by atoms with van der Waals surface area (Å²) in [5.41, 5.74) is 0. The number of rotatable bonds is 0. The molecule has 0 atom stereocenters. The summed E-state index contributed by atoms with van der Waals surface area (Å²) in [6.45, 7) is 0. The van der Waals surface area contributed by atoms with Gasteiger partial charge in [0.2, 0.25) is 0 Å². The van der Waals surface area contributed by atoms with E-state index in [-0.39, 0.29) is 0 Å². The first-order valence-corrected chi connectivity index (χ1v) is 3.55. The van der Waals surface area contributed by atoms with Gasteiger partial charge in [-0.2, -0.15) is 0 Å². The minimum atomic E-state index is -1.64. The molecule has 1 rings (SSSR count). The number of hydrogen-bond acceptors (Lipinski definition) is 6. The molecule has 0 radical (unpaired) electrons. The van der Waals surface area contributed by atoms with E-state index in [0.29, 0.717) is 0 Å². The zero-order valence-electron chi connectivity index (χ0n) is 6.15. The molecule has 1 saturated carbocycles. The fourth-order valence-corrected chi connectivity index (χ4v) is 1.21. The molecule has 0 bridgehead atoms. The summed E-state index contributed by atoms with van der Waals surface area (Å²) in [7, 11) is 0. The lowest BCUT2D eigenvalue weighted by Crippen LogP contribution is -2.63. The predicted octanol–water partition coefficient (Wildman–Crippen LogP) is -3.83. The van der Waals surface area contributed by atoms with Crippen LogP contribution >= 0.6 is 0 Å². The molecule has 0 aromatic carbocycles. The molecule has 0 amide bonds. The van der Waals surface area contributed by atoms with Gasteiger partial charge in [0.25, 0.3) is 0 Å². The summed E-state index contributed by atoms with van der Waals surface area (Å²) in [6.07, 6.45) is -9.84. The SMILES string of the molecule is O[C@H]1[C@H](O)[C@@H](O)[C@@H](O)[C@H](O)[C@H]1O. The largest absolute Gasteiger partial charge is 0.387 e. The van der Waals surface area contributed by atoms with Gasteiger partial charge in [0.15, 0.2) is 0 Å². The second-order valence-electron chi connectivity index (χ2n) is 2.94. The Morgan fingerprint density at radius 2 is 0.417 bits per heavy atom. The number of aliphatic hydroxyl groups is 6. The van der Waals surface area contributed by atoms with Crippen molar-refractivity contribution >= 4 is 0 Å². The standard InChI is InChI=1S/C6H12O6/c7-1-2(8)4(10)6(12)5(11)3(1)9/h1-12H/t1-,2-,3-,4+,5+,6+. The second-order valence-corrected chi connectivity index (χ2v) is 2.94. The van der Waals surface area contributed by atoms with Crippen LogP contribution in [0.3, 0.4) is 0 Å². The van der Waals surface area contributed by atoms with E-state index in [1.54, 1.807) is 0 Å². The molecule has 1 fully saturated rings. The predicted molar refractivity (Wildman–Crippen MR) is 36.0 cm³/mol. The number of hydrogen-bond donors (Lipinski definition) is 6. The van der Waals surface area contributed by atoms with Gasteiger partial charge in [-0.15, -0.1) is 0 Å². The summed E-state index contributed by atoms with van der Waals surface area (Å²) in [4.78, 5) is 0. The average Bonchev–Trinajstić information content (AvgIpc) is 2.08. The van der Waals surface area contributed by atoms with Gasteiger partial charge in [-0.25, -0.2) is 0 Å². The highest BCUT2D eigenvalue weighted by molar-refractivity contribution is 4.98. The topological polar surface area (TPSA) is 121 Å². The fraction of sp³-hybridized carbons (Fsp3) is 1.00. The normalized spacial score (nSPS) is 55.5. The Bertz CT molecular complexity index is 104. The molecular formula is C6H12O6. The second kappa shape index (κ2) is 3.25. The molecule has 1 aliphatic carbocycles. The average molecular weight is 180 g/mol. The Kier molecular flexibility index (Phi) is 2.67. The van der Waals surface area contributed by atoms with Crippen LogP contribution < -0.4 is 0 Å². The van der Waals surface area contributed by atoms with Gasteiger partial charge in [-0.05, 0) is 0 Å². The van der Waals surface area contributed by atoms with E-state index in [4.69, 9.17) is 30.6 Å². The van der Waals surface area contributed by atoms with Crippen LogP contribution in [0.15, 0.2) is 0 Å². The molecule has 0 aliphatic heterocycles. The van der Waals surface area contributed by atoms with E-state index in [0.717, 1.165) is 0 Å². The van der Waals surface area contributed by atoms with Crippen LogP contribution in [-0.2, 0) is 0 Å². The lowest BCUT2D eigenvalue weighted by atomic mass is 9.85. The molecule has 0 aromatic rings. The fourth-order valence-electron chi connectivity index (χ4n) is 1.21. The van der Waals surface area contributed by atoms with Gasteiger partial charge in [0.1, 0.15) is 36.6 Å². The van der Waals surface area contributed by atoms with E-state index in [2.05, 4.69) is 0 Å². The van der Waals surface area contributed by atoms with Crippen LogP contribution in [0.4, 0.5) is 0 Å². The minimum Gasteiger partial charge on any atom is -0.387 e. The van der Waals surface area contributed by atoms with Gasteiger partial charge in [0.05, 0.1) is 0 Å². The van der Waals surface area contributed by atoms with Gasteiger partial charge in [-0.3, -0.25) is 0 Å². The molecule has 0 spiro atoms. The number of aliphatic hydroxyl groups excluding tert-OH is 6. The molecule has 6 N–H and O–H groups in total. The highest BCUT2D eigenvalue weighted by Gasteiger charge is 2.47. The quantitative estimate of drug-likeness (QED) is 0.227. The maximum Gasteiger partial charge on any atom is 0.111 e. The first-order valence-electron chi connectivity index (χ1n) is 3.55. The zero-order chi connectivity index (χ0) is 9.46. The first kappa shape index (κ1) is 9.85. The third kappa shape index (κ3) is 1.33.